The summed E-state index contributed by atoms with van der Waals surface area (Å²) in [7, 11) is 0. The van der Waals surface area contributed by atoms with Crippen molar-refractivity contribution in [3.63, 3.8) is 0 Å². The molecule has 1 saturated carbocycles. The van der Waals surface area contributed by atoms with Crippen molar-refractivity contribution in [2.24, 2.45) is 5.92 Å². The number of hydrogen-bond acceptors (Lipinski definition) is 2. The molecule has 1 amide bonds. The Balaban J connectivity index is 1.61. The van der Waals surface area contributed by atoms with Gasteiger partial charge in [-0.25, -0.2) is 0 Å². The van der Waals surface area contributed by atoms with Crippen molar-refractivity contribution in [3.8, 4) is 0 Å². The summed E-state index contributed by atoms with van der Waals surface area (Å²) < 4.78 is 38.0. The molecule has 3 rings (SSSR count). The molecule has 2 aliphatic rings. The van der Waals surface area contributed by atoms with Crippen LogP contribution in [0.1, 0.15) is 62.3 Å². The zero-order valence-corrected chi connectivity index (χ0v) is 13.0. The van der Waals surface area contributed by atoms with Crippen LogP contribution in [0.4, 0.5) is 13.2 Å². The molecule has 0 bridgehead atoms. The average Bonchev–Trinajstić information content (AvgIpc) is 3.18. The number of hydrogen-bond donors (Lipinski definition) is 1. The lowest BCUT2D eigenvalue weighted by atomic mass is 9.93. The monoisotopic (exact) mass is 329 g/mol. The molecule has 2 fully saturated rings. The summed E-state index contributed by atoms with van der Waals surface area (Å²) in [4.78, 5) is 14.2. The Hall–Kier alpha value is -1.53. The van der Waals surface area contributed by atoms with Gasteiger partial charge >= 0.3 is 6.18 Å². The van der Waals surface area contributed by atoms with E-state index in [1.165, 1.54) is 12.8 Å². The first-order valence-electron chi connectivity index (χ1n) is 8.34. The third kappa shape index (κ3) is 3.87. The van der Waals surface area contributed by atoms with Gasteiger partial charge in [-0.05, 0) is 37.7 Å². The van der Waals surface area contributed by atoms with Crippen molar-refractivity contribution in [3.05, 3.63) is 17.5 Å². The Labute approximate surface area is 133 Å². The molecule has 1 atom stereocenters. The first kappa shape index (κ1) is 16.3. The summed E-state index contributed by atoms with van der Waals surface area (Å²) >= 11 is 0. The minimum Gasteiger partial charge on any atom is -0.342 e. The Bertz CT molecular complexity index is 549. The van der Waals surface area contributed by atoms with Gasteiger partial charge in [-0.1, -0.05) is 12.8 Å². The van der Waals surface area contributed by atoms with Crippen LogP contribution in [0, 0.1) is 5.92 Å². The van der Waals surface area contributed by atoms with E-state index in [0.717, 1.165) is 31.7 Å². The van der Waals surface area contributed by atoms with Gasteiger partial charge in [0, 0.05) is 31.1 Å². The maximum atomic E-state index is 12.7. The molecular weight excluding hydrogens is 307 g/mol. The van der Waals surface area contributed by atoms with Crippen LogP contribution in [-0.4, -0.2) is 34.1 Å². The van der Waals surface area contributed by atoms with Crippen LogP contribution in [0.2, 0.25) is 0 Å². The molecule has 1 unspecified atom stereocenters. The number of piperidine rings is 1. The normalized spacial score (nSPS) is 23.4. The highest BCUT2D eigenvalue weighted by atomic mass is 19.4. The topological polar surface area (TPSA) is 49.0 Å². The number of amides is 1. The molecule has 0 aromatic carbocycles. The molecule has 4 nitrogen and oxygen atoms in total. The summed E-state index contributed by atoms with van der Waals surface area (Å²) in [6.07, 6.45) is 2.42. The molecule has 2 heterocycles. The molecule has 0 radical (unpaired) electrons. The number of H-pyrrole nitrogens is 1. The number of halogens is 3. The summed E-state index contributed by atoms with van der Waals surface area (Å²) in [5.41, 5.74) is -0.405. The van der Waals surface area contributed by atoms with Crippen molar-refractivity contribution in [1.29, 1.82) is 0 Å². The van der Waals surface area contributed by atoms with Gasteiger partial charge in [0.1, 0.15) is 0 Å². The van der Waals surface area contributed by atoms with Gasteiger partial charge < -0.3 is 4.90 Å². The average molecular weight is 329 g/mol. The molecule has 1 aromatic heterocycles. The fourth-order valence-electron chi connectivity index (χ4n) is 3.74. The molecule has 1 aliphatic heterocycles. The second-order valence-electron chi connectivity index (χ2n) is 6.74. The summed E-state index contributed by atoms with van der Waals surface area (Å²) in [5.74, 6) is 0.559. The van der Waals surface area contributed by atoms with Gasteiger partial charge in [0.2, 0.25) is 5.91 Å². The zero-order chi connectivity index (χ0) is 16.4. The van der Waals surface area contributed by atoms with E-state index in [-0.39, 0.29) is 11.8 Å². The Morgan fingerprint density at radius 2 is 2.00 bits per heavy atom. The number of carbonyl (C=O) groups is 1. The number of alkyl halides is 3. The lowest BCUT2D eigenvalue weighted by molar-refractivity contribution is -0.141. The van der Waals surface area contributed by atoms with E-state index in [1.807, 2.05) is 4.90 Å². The van der Waals surface area contributed by atoms with E-state index in [2.05, 4.69) is 10.2 Å². The maximum Gasteiger partial charge on any atom is 0.435 e. The Morgan fingerprint density at radius 3 is 2.65 bits per heavy atom. The van der Waals surface area contributed by atoms with Crippen LogP contribution < -0.4 is 0 Å². The second kappa shape index (κ2) is 6.53. The van der Waals surface area contributed by atoms with E-state index in [0.29, 0.717) is 31.1 Å². The van der Waals surface area contributed by atoms with E-state index >= 15 is 0 Å². The largest absolute Gasteiger partial charge is 0.435 e. The highest BCUT2D eigenvalue weighted by Gasteiger charge is 2.35. The number of likely N-dealkylation sites (tertiary alicyclic amines) is 1. The van der Waals surface area contributed by atoms with Crippen molar-refractivity contribution < 1.29 is 18.0 Å². The Kier molecular flexibility index (Phi) is 4.64. The van der Waals surface area contributed by atoms with Crippen molar-refractivity contribution >= 4 is 5.91 Å². The zero-order valence-electron chi connectivity index (χ0n) is 13.0. The second-order valence-corrected chi connectivity index (χ2v) is 6.74. The van der Waals surface area contributed by atoms with E-state index in [9.17, 15) is 18.0 Å². The first-order valence-corrected chi connectivity index (χ1v) is 8.34. The van der Waals surface area contributed by atoms with Crippen LogP contribution in [0.3, 0.4) is 0 Å². The number of aromatic amines is 1. The third-order valence-corrected chi connectivity index (χ3v) is 5.04. The molecule has 7 heteroatoms. The highest BCUT2D eigenvalue weighted by Crippen LogP contribution is 2.33. The van der Waals surface area contributed by atoms with Crippen LogP contribution >= 0.6 is 0 Å². The van der Waals surface area contributed by atoms with Crippen LogP contribution in [0.5, 0.6) is 0 Å². The van der Waals surface area contributed by atoms with Crippen molar-refractivity contribution in [2.75, 3.05) is 13.1 Å². The molecular formula is C16H22F3N3O. The van der Waals surface area contributed by atoms with E-state index < -0.39 is 11.9 Å². The highest BCUT2D eigenvalue weighted by molar-refractivity contribution is 5.76. The molecule has 1 aromatic rings. The minimum absolute atomic E-state index is 0.0834. The third-order valence-electron chi connectivity index (χ3n) is 5.04. The molecule has 23 heavy (non-hydrogen) atoms. The van der Waals surface area contributed by atoms with Crippen LogP contribution in [0.25, 0.3) is 0 Å². The lowest BCUT2D eigenvalue weighted by Gasteiger charge is -2.33. The number of carbonyl (C=O) groups excluding carboxylic acids is 1. The number of rotatable bonds is 3. The fraction of sp³-hybridized carbons (Fsp3) is 0.750. The summed E-state index contributed by atoms with van der Waals surface area (Å²) in [6, 6.07) is 1.08. The molecule has 1 saturated heterocycles. The standard InChI is InChI=1S/C16H22F3N3O/c17-16(18,19)14-9-13(20-21-14)12-6-3-7-22(10-12)15(23)8-11-4-1-2-5-11/h9,11-12H,1-8,10H2,(H,20,21). The van der Waals surface area contributed by atoms with Gasteiger partial charge in [-0.3, -0.25) is 9.89 Å². The van der Waals surface area contributed by atoms with Gasteiger partial charge in [-0.15, -0.1) is 0 Å². The predicted octanol–water partition coefficient (Wildman–Crippen LogP) is 3.71. The molecule has 128 valence electrons. The van der Waals surface area contributed by atoms with Crippen LogP contribution in [0.15, 0.2) is 6.07 Å². The molecule has 0 spiro atoms. The van der Waals surface area contributed by atoms with Gasteiger partial charge in [0.25, 0.3) is 0 Å². The van der Waals surface area contributed by atoms with Gasteiger partial charge in [-0.2, -0.15) is 18.3 Å². The quantitative estimate of drug-likeness (QED) is 0.919. The number of aromatic nitrogens is 2. The predicted molar refractivity (Wildman–Crippen MR) is 78.7 cm³/mol. The fourth-order valence-corrected chi connectivity index (χ4v) is 3.74. The maximum absolute atomic E-state index is 12.7. The van der Waals surface area contributed by atoms with E-state index in [4.69, 9.17) is 0 Å². The summed E-state index contributed by atoms with van der Waals surface area (Å²) in [6.45, 7) is 1.20. The number of nitrogens with one attached hydrogen (secondary N) is 1. The molecule has 1 aliphatic carbocycles. The van der Waals surface area contributed by atoms with Crippen molar-refractivity contribution in [1.82, 2.24) is 15.1 Å². The smallest absolute Gasteiger partial charge is 0.342 e. The van der Waals surface area contributed by atoms with Crippen LogP contribution in [-0.2, 0) is 11.0 Å². The SMILES string of the molecule is O=C(CC1CCCC1)N1CCCC(c2cc(C(F)(F)F)n[nH]2)C1. The number of nitrogens with zero attached hydrogens (tertiary/aromatic N) is 2. The van der Waals surface area contributed by atoms with E-state index in [1.54, 1.807) is 0 Å². The first-order chi connectivity index (χ1) is 10.9. The van der Waals surface area contributed by atoms with Gasteiger partial charge in [0.15, 0.2) is 5.69 Å². The lowest BCUT2D eigenvalue weighted by Crippen LogP contribution is -2.39. The van der Waals surface area contributed by atoms with Gasteiger partial charge in [0.05, 0.1) is 0 Å². The summed E-state index contributed by atoms with van der Waals surface area (Å²) in [5, 5.41) is 5.87. The van der Waals surface area contributed by atoms with Crippen molar-refractivity contribution in [2.45, 2.75) is 57.0 Å². The minimum atomic E-state index is -4.43. The molecule has 1 N–H and O–H groups in total. The Morgan fingerprint density at radius 1 is 1.26 bits per heavy atom.